The molecule has 0 aliphatic heterocycles. The zero-order valence-corrected chi connectivity index (χ0v) is 11.4. The van der Waals surface area contributed by atoms with Crippen LogP contribution in [0.2, 0.25) is 0 Å². The van der Waals surface area contributed by atoms with Crippen LogP contribution in [0.3, 0.4) is 0 Å². The van der Waals surface area contributed by atoms with Crippen LogP contribution in [-0.2, 0) is 11.2 Å². The molecular weight excluding hydrogens is 280 g/mol. The van der Waals surface area contributed by atoms with E-state index in [2.05, 4.69) is 22.0 Å². The highest BCUT2D eigenvalue weighted by Gasteiger charge is 2.15. The second-order valence-electron chi connectivity index (χ2n) is 4.18. The van der Waals surface area contributed by atoms with Crippen molar-refractivity contribution in [3.8, 4) is 5.75 Å². The summed E-state index contributed by atoms with van der Waals surface area (Å²) in [5.41, 5.74) is 1.97. The fourth-order valence-electron chi connectivity index (χ4n) is 2.02. The smallest absolute Gasteiger partial charge is 0.162 e. The number of methoxy groups -OCH3 is 1. The topological polar surface area (TPSA) is 26.3 Å². The molecule has 0 fully saturated rings. The van der Waals surface area contributed by atoms with Gasteiger partial charge in [0.05, 0.1) is 7.11 Å². The molecule has 0 spiro atoms. The predicted molar refractivity (Wildman–Crippen MR) is 71.3 cm³/mol. The molecule has 0 N–H and O–H groups in total. The van der Waals surface area contributed by atoms with Gasteiger partial charge in [-0.25, -0.2) is 0 Å². The maximum absolute atomic E-state index is 12.0. The minimum Gasteiger partial charge on any atom is -0.497 e. The number of carbonyl (C=O) groups excluding carboxylic acids is 1. The largest absolute Gasteiger partial charge is 0.497 e. The quantitative estimate of drug-likeness (QED) is 0.847. The van der Waals surface area contributed by atoms with Gasteiger partial charge in [0.25, 0.3) is 0 Å². The van der Waals surface area contributed by atoms with Gasteiger partial charge in [-0.2, -0.15) is 0 Å². The van der Waals surface area contributed by atoms with E-state index < -0.39 is 0 Å². The van der Waals surface area contributed by atoms with Gasteiger partial charge in [-0.3, -0.25) is 4.79 Å². The summed E-state index contributed by atoms with van der Waals surface area (Å²) < 4.78 is 6.13. The average molecular weight is 295 g/mol. The number of carbonyl (C=O) groups is 1. The van der Waals surface area contributed by atoms with Crippen molar-refractivity contribution in [3.05, 3.63) is 39.9 Å². The van der Waals surface area contributed by atoms with Gasteiger partial charge in [0, 0.05) is 10.9 Å². The summed E-state index contributed by atoms with van der Waals surface area (Å²) in [6.07, 6.45) is 5.60. The third-order valence-corrected chi connectivity index (χ3v) is 3.78. The van der Waals surface area contributed by atoms with Gasteiger partial charge in [0.2, 0.25) is 0 Å². The van der Waals surface area contributed by atoms with Gasteiger partial charge in [0.1, 0.15) is 5.75 Å². The second-order valence-corrected chi connectivity index (χ2v) is 5.03. The van der Waals surface area contributed by atoms with Crippen molar-refractivity contribution < 1.29 is 9.53 Å². The Morgan fingerprint density at radius 2 is 2.29 bits per heavy atom. The summed E-state index contributed by atoms with van der Waals surface area (Å²) in [6, 6.07) is 5.72. The number of ketones is 1. The maximum Gasteiger partial charge on any atom is 0.162 e. The van der Waals surface area contributed by atoms with Crippen LogP contribution < -0.4 is 4.74 Å². The van der Waals surface area contributed by atoms with E-state index in [4.69, 9.17) is 4.74 Å². The van der Waals surface area contributed by atoms with Crippen molar-refractivity contribution in [3.63, 3.8) is 0 Å². The number of rotatable bonds is 4. The molecule has 0 aromatic heterocycles. The Morgan fingerprint density at radius 3 is 2.94 bits per heavy atom. The molecule has 1 aromatic rings. The lowest BCUT2D eigenvalue weighted by atomic mass is 10.0. The Labute approximate surface area is 110 Å². The molecule has 1 aliphatic rings. The van der Waals surface area contributed by atoms with Crippen LogP contribution in [0.25, 0.3) is 0 Å². The summed E-state index contributed by atoms with van der Waals surface area (Å²) in [7, 11) is 1.63. The normalized spacial score (nSPS) is 14.6. The molecule has 0 amide bonds. The first kappa shape index (κ1) is 12.4. The number of benzene rings is 1. The van der Waals surface area contributed by atoms with E-state index in [1.807, 2.05) is 18.2 Å². The third-order valence-electron chi connectivity index (χ3n) is 3.00. The summed E-state index contributed by atoms with van der Waals surface area (Å²) >= 11 is 3.47. The Hall–Kier alpha value is -1.09. The minimum absolute atomic E-state index is 0.233. The molecule has 3 heteroatoms. The summed E-state index contributed by atoms with van der Waals surface area (Å²) in [6.45, 7) is 0. The Kier molecular flexibility index (Phi) is 4.00. The highest BCUT2D eigenvalue weighted by molar-refractivity contribution is 9.10. The van der Waals surface area contributed by atoms with E-state index in [9.17, 15) is 4.79 Å². The molecule has 0 bridgehead atoms. The fourth-order valence-corrected chi connectivity index (χ4v) is 2.41. The van der Waals surface area contributed by atoms with Crippen LogP contribution in [0.4, 0.5) is 0 Å². The van der Waals surface area contributed by atoms with E-state index in [0.29, 0.717) is 6.42 Å². The average Bonchev–Trinajstić information content (AvgIpc) is 2.85. The molecule has 90 valence electrons. The second kappa shape index (κ2) is 5.50. The minimum atomic E-state index is 0.233. The molecule has 2 nitrogen and oxygen atoms in total. The third kappa shape index (κ3) is 2.97. The lowest BCUT2D eigenvalue weighted by Gasteiger charge is -2.07. The lowest BCUT2D eigenvalue weighted by Crippen LogP contribution is -2.05. The molecule has 1 aromatic carbocycles. The maximum atomic E-state index is 12.0. The number of ether oxygens (including phenoxy) is 1. The molecule has 1 aliphatic carbocycles. The zero-order valence-electron chi connectivity index (χ0n) is 9.83. The van der Waals surface area contributed by atoms with Crippen LogP contribution in [0.5, 0.6) is 5.75 Å². The highest BCUT2D eigenvalue weighted by Crippen LogP contribution is 2.25. The van der Waals surface area contributed by atoms with Gasteiger partial charge < -0.3 is 4.74 Å². The molecule has 0 atom stereocenters. The Bertz CT molecular complexity index is 463. The van der Waals surface area contributed by atoms with Gasteiger partial charge in [-0.15, -0.1) is 0 Å². The van der Waals surface area contributed by atoms with Crippen molar-refractivity contribution in [1.29, 1.82) is 0 Å². The number of allylic oxidation sites excluding steroid dienone is 2. The van der Waals surface area contributed by atoms with Crippen LogP contribution in [-0.4, -0.2) is 12.9 Å². The molecule has 0 saturated heterocycles. The van der Waals surface area contributed by atoms with E-state index in [0.717, 1.165) is 40.6 Å². The van der Waals surface area contributed by atoms with E-state index in [1.165, 1.54) is 0 Å². The molecule has 0 saturated carbocycles. The predicted octanol–water partition coefficient (Wildman–Crippen LogP) is 3.68. The van der Waals surface area contributed by atoms with Crippen LogP contribution in [0, 0.1) is 0 Å². The van der Waals surface area contributed by atoms with Crippen molar-refractivity contribution in [2.75, 3.05) is 7.11 Å². The van der Waals surface area contributed by atoms with Crippen molar-refractivity contribution in [2.45, 2.75) is 25.7 Å². The van der Waals surface area contributed by atoms with E-state index >= 15 is 0 Å². The molecule has 0 unspecified atom stereocenters. The summed E-state index contributed by atoms with van der Waals surface area (Å²) in [5.74, 6) is 1.02. The van der Waals surface area contributed by atoms with Crippen LogP contribution >= 0.6 is 15.9 Å². The highest BCUT2D eigenvalue weighted by atomic mass is 79.9. The lowest BCUT2D eigenvalue weighted by molar-refractivity contribution is -0.115. The number of halogens is 1. The fraction of sp³-hybridized carbons (Fsp3) is 0.357. The standard InChI is InChI=1S/C14H15BrO2/c1-17-12-6-7-13(15)11(8-12)9-14(16)10-4-2-3-5-10/h4,6-8H,2-3,5,9H2,1H3. The number of hydrogen-bond acceptors (Lipinski definition) is 2. The monoisotopic (exact) mass is 294 g/mol. The van der Waals surface area contributed by atoms with Crippen molar-refractivity contribution in [1.82, 2.24) is 0 Å². The Morgan fingerprint density at radius 1 is 1.47 bits per heavy atom. The Balaban J connectivity index is 2.14. The zero-order chi connectivity index (χ0) is 12.3. The van der Waals surface area contributed by atoms with Gasteiger partial charge >= 0.3 is 0 Å². The molecule has 0 heterocycles. The van der Waals surface area contributed by atoms with Crippen molar-refractivity contribution in [2.24, 2.45) is 0 Å². The van der Waals surface area contributed by atoms with E-state index in [-0.39, 0.29) is 5.78 Å². The van der Waals surface area contributed by atoms with Crippen LogP contribution in [0.1, 0.15) is 24.8 Å². The molecule has 0 radical (unpaired) electrons. The first-order valence-corrected chi connectivity index (χ1v) is 6.54. The van der Waals surface area contributed by atoms with Gasteiger partial charge in [0.15, 0.2) is 5.78 Å². The van der Waals surface area contributed by atoms with E-state index in [1.54, 1.807) is 7.11 Å². The van der Waals surface area contributed by atoms with Crippen LogP contribution in [0.15, 0.2) is 34.3 Å². The number of hydrogen-bond donors (Lipinski definition) is 0. The van der Waals surface area contributed by atoms with Gasteiger partial charge in [-0.1, -0.05) is 22.0 Å². The first-order chi connectivity index (χ1) is 8.20. The number of Topliss-reactive ketones (excluding diaryl/α,β-unsaturated/α-hetero) is 1. The molecule has 17 heavy (non-hydrogen) atoms. The van der Waals surface area contributed by atoms with Crippen molar-refractivity contribution >= 4 is 21.7 Å². The molecular formula is C14H15BrO2. The first-order valence-electron chi connectivity index (χ1n) is 5.75. The summed E-state index contributed by atoms with van der Waals surface area (Å²) in [4.78, 5) is 12.0. The van der Waals surface area contributed by atoms with Gasteiger partial charge in [-0.05, 0) is 48.6 Å². The SMILES string of the molecule is COc1ccc(Br)c(CC(=O)C2=CCCC2)c1. The summed E-state index contributed by atoms with van der Waals surface area (Å²) in [5, 5.41) is 0. The molecule has 2 rings (SSSR count).